The average molecular weight is 225 g/mol. The Balaban J connectivity index is 1.78. The number of rotatable bonds is 4. The molecule has 3 atom stereocenters. The van der Waals surface area contributed by atoms with Crippen LogP contribution in [0.25, 0.3) is 0 Å². The molecule has 15 heavy (non-hydrogen) atoms. The van der Waals surface area contributed by atoms with Crippen molar-refractivity contribution in [3.8, 4) is 0 Å². The molecule has 1 fully saturated rings. The smallest absolute Gasteiger partial charge is 0.109 e. The van der Waals surface area contributed by atoms with Crippen LogP contribution in [0.5, 0.6) is 0 Å². The minimum absolute atomic E-state index is 0.387. The van der Waals surface area contributed by atoms with Gasteiger partial charge in [0.2, 0.25) is 0 Å². The first-order valence-electron chi connectivity index (χ1n) is 5.63. The van der Waals surface area contributed by atoms with E-state index in [0.717, 1.165) is 12.5 Å². The second-order valence-corrected chi connectivity index (χ2v) is 5.22. The third-order valence-electron chi connectivity index (χ3n) is 3.20. The molecule has 1 aliphatic heterocycles. The summed E-state index contributed by atoms with van der Waals surface area (Å²) in [6.45, 7) is 6.72. The Kier molecular flexibility index (Phi) is 3.72. The van der Waals surface area contributed by atoms with Crippen molar-refractivity contribution in [2.24, 2.45) is 5.92 Å². The Bertz CT molecular complexity index is 286. The predicted octanol–water partition coefficient (Wildman–Crippen LogP) is 1.79. The van der Waals surface area contributed by atoms with Gasteiger partial charge in [-0.15, -0.1) is 11.3 Å². The Morgan fingerprint density at radius 2 is 2.60 bits per heavy atom. The number of hydrogen-bond donors (Lipinski definition) is 2. The SMILES string of the molecule is CC(NCC1CCNC1C)c1nccs1. The number of nitrogens with one attached hydrogen (secondary N) is 2. The van der Waals surface area contributed by atoms with Gasteiger partial charge >= 0.3 is 0 Å². The summed E-state index contributed by atoms with van der Waals surface area (Å²) >= 11 is 1.73. The van der Waals surface area contributed by atoms with Crippen LogP contribution in [-0.2, 0) is 0 Å². The minimum atomic E-state index is 0.387. The van der Waals surface area contributed by atoms with Gasteiger partial charge in [0.25, 0.3) is 0 Å². The van der Waals surface area contributed by atoms with Gasteiger partial charge in [0.1, 0.15) is 5.01 Å². The molecule has 4 heteroatoms. The standard InChI is InChI=1S/C11H19N3S/c1-8-10(3-4-12-8)7-14-9(2)11-13-5-6-15-11/h5-6,8-10,12,14H,3-4,7H2,1-2H3. The molecule has 84 valence electrons. The Morgan fingerprint density at radius 3 is 3.20 bits per heavy atom. The highest BCUT2D eigenvalue weighted by molar-refractivity contribution is 7.09. The van der Waals surface area contributed by atoms with Gasteiger partial charge in [-0.2, -0.15) is 0 Å². The summed E-state index contributed by atoms with van der Waals surface area (Å²) in [6, 6.07) is 1.04. The van der Waals surface area contributed by atoms with Gasteiger partial charge < -0.3 is 10.6 Å². The van der Waals surface area contributed by atoms with E-state index in [1.165, 1.54) is 18.0 Å². The molecule has 0 radical (unpaired) electrons. The zero-order valence-electron chi connectivity index (χ0n) is 9.36. The quantitative estimate of drug-likeness (QED) is 0.820. The number of nitrogens with zero attached hydrogens (tertiary/aromatic N) is 1. The van der Waals surface area contributed by atoms with Crippen molar-refractivity contribution in [3.63, 3.8) is 0 Å². The maximum absolute atomic E-state index is 4.32. The van der Waals surface area contributed by atoms with E-state index in [4.69, 9.17) is 0 Å². The molecule has 1 aromatic heterocycles. The van der Waals surface area contributed by atoms with Crippen LogP contribution in [0, 0.1) is 5.92 Å². The minimum Gasteiger partial charge on any atom is -0.314 e. The summed E-state index contributed by atoms with van der Waals surface area (Å²) in [5, 5.41) is 10.3. The van der Waals surface area contributed by atoms with Crippen molar-refractivity contribution in [1.82, 2.24) is 15.6 Å². The molecule has 0 aromatic carbocycles. The van der Waals surface area contributed by atoms with E-state index in [2.05, 4.69) is 29.5 Å². The second-order valence-electron chi connectivity index (χ2n) is 4.29. The van der Waals surface area contributed by atoms with E-state index in [9.17, 15) is 0 Å². The average Bonchev–Trinajstić information content (AvgIpc) is 2.85. The van der Waals surface area contributed by atoms with E-state index in [-0.39, 0.29) is 0 Å². The summed E-state index contributed by atoms with van der Waals surface area (Å²) in [5.41, 5.74) is 0. The van der Waals surface area contributed by atoms with E-state index in [0.29, 0.717) is 12.1 Å². The lowest BCUT2D eigenvalue weighted by Crippen LogP contribution is -2.32. The maximum Gasteiger partial charge on any atom is 0.109 e. The van der Waals surface area contributed by atoms with Gasteiger partial charge in [-0.3, -0.25) is 0 Å². The number of aromatic nitrogens is 1. The highest BCUT2D eigenvalue weighted by Crippen LogP contribution is 2.18. The zero-order chi connectivity index (χ0) is 10.7. The van der Waals surface area contributed by atoms with Crippen LogP contribution < -0.4 is 10.6 Å². The maximum atomic E-state index is 4.32. The molecule has 0 amide bonds. The lowest BCUT2D eigenvalue weighted by molar-refractivity contribution is 0.415. The number of hydrogen-bond acceptors (Lipinski definition) is 4. The molecule has 0 aliphatic carbocycles. The van der Waals surface area contributed by atoms with Crippen molar-refractivity contribution < 1.29 is 0 Å². The fourth-order valence-corrected chi connectivity index (χ4v) is 2.73. The van der Waals surface area contributed by atoms with Gasteiger partial charge in [-0.1, -0.05) is 0 Å². The Morgan fingerprint density at radius 1 is 1.73 bits per heavy atom. The van der Waals surface area contributed by atoms with Gasteiger partial charge in [0.05, 0.1) is 6.04 Å². The summed E-state index contributed by atoms with van der Waals surface area (Å²) in [5.74, 6) is 0.771. The van der Waals surface area contributed by atoms with Crippen molar-refractivity contribution in [2.45, 2.75) is 32.4 Å². The van der Waals surface area contributed by atoms with Crippen LogP contribution in [0.3, 0.4) is 0 Å². The monoisotopic (exact) mass is 225 g/mol. The molecular formula is C11H19N3S. The highest BCUT2D eigenvalue weighted by atomic mass is 32.1. The molecule has 0 saturated carbocycles. The lowest BCUT2D eigenvalue weighted by Gasteiger charge is -2.18. The molecule has 1 aromatic rings. The molecule has 3 nitrogen and oxygen atoms in total. The van der Waals surface area contributed by atoms with E-state index in [1.54, 1.807) is 11.3 Å². The molecule has 0 bridgehead atoms. The van der Waals surface area contributed by atoms with Crippen LogP contribution in [0.1, 0.15) is 31.3 Å². The van der Waals surface area contributed by atoms with Gasteiger partial charge in [0, 0.05) is 24.2 Å². The van der Waals surface area contributed by atoms with E-state index in [1.807, 2.05) is 11.6 Å². The first kappa shape index (κ1) is 11.0. The predicted molar refractivity (Wildman–Crippen MR) is 64.1 cm³/mol. The molecular weight excluding hydrogens is 206 g/mol. The zero-order valence-corrected chi connectivity index (χ0v) is 10.2. The fourth-order valence-electron chi connectivity index (χ4n) is 2.06. The van der Waals surface area contributed by atoms with Crippen LogP contribution >= 0.6 is 11.3 Å². The molecule has 1 aliphatic rings. The van der Waals surface area contributed by atoms with E-state index >= 15 is 0 Å². The summed E-state index contributed by atoms with van der Waals surface area (Å²) in [6.07, 6.45) is 3.16. The van der Waals surface area contributed by atoms with Gasteiger partial charge in [-0.25, -0.2) is 4.98 Å². The fraction of sp³-hybridized carbons (Fsp3) is 0.727. The number of thiazole rings is 1. The topological polar surface area (TPSA) is 37.0 Å². The van der Waals surface area contributed by atoms with Gasteiger partial charge in [-0.05, 0) is 32.7 Å². The first-order valence-corrected chi connectivity index (χ1v) is 6.51. The Hall–Kier alpha value is -0.450. The largest absolute Gasteiger partial charge is 0.314 e. The molecule has 1 saturated heterocycles. The van der Waals surface area contributed by atoms with Crippen molar-refractivity contribution in [2.75, 3.05) is 13.1 Å². The summed E-state index contributed by atoms with van der Waals surface area (Å²) in [7, 11) is 0. The second kappa shape index (κ2) is 5.05. The normalized spacial score (nSPS) is 28.1. The van der Waals surface area contributed by atoms with Gasteiger partial charge in [0.15, 0.2) is 0 Å². The molecule has 3 unspecified atom stereocenters. The van der Waals surface area contributed by atoms with Crippen LogP contribution in [0.15, 0.2) is 11.6 Å². The summed E-state index contributed by atoms with van der Waals surface area (Å²) in [4.78, 5) is 4.32. The molecule has 2 heterocycles. The van der Waals surface area contributed by atoms with E-state index < -0.39 is 0 Å². The lowest BCUT2D eigenvalue weighted by atomic mass is 10.0. The first-order chi connectivity index (χ1) is 7.27. The van der Waals surface area contributed by atoms with Crippen LogP contribution in [0.4, 0.5) is 0 Å². The summed E-state index contributed by atoms with van der Waals surface area (Å²) < 4.78 is 0. The highest BCUT2D eigenvalue weighted by Gasteiger charge is 2.23. The molecule has 2 N–H and O–H groups in total. The Labute approximate surface area is 95.3 Å². The van der Waals surface area contributed by atoms with Crippen LogP contribution in [-0.4, -0.2) is 24.1 Å². The molecule has 2 rings (SSSR count). The van der Waals surface area contributed by atoms with Crippen LogP contribution in [0.2, 0.25) is 0 Å². The van der Waals surface area contributed by atoms with Crippen molar-refractivity contribution in [1.29, 1.82) is 0 Å². The third-order valence-corrected chi connectivity index (χ3v) is 4.15. The van der Waals surface area contributed by atoms with Crippen molar-refractivity contribution >= 4 is 11.3 Å². The van der Waals surface area contributed by atoms with Crippen molar-refractivity contribution in [3.05, 3.63) is 16.6 Å². The third kappa shape index (κ3) is 2.77. The molecule has 0 spiro atoms.